The molecule has 1 amide bonds. The Kier molecular flexibility index (Phi) is 3.51. The molecule has 1 aliphatic heterocycles. The third-order valence-electron chi connectivity index (χ3n) is 2.68. The molecule has 88 valence electrons. The summed E-state index contributed by atoms with van der Waals surface area (Å²) in [6.45, 7) is 3.91. The van der Waals surface area contributed by atoms with E-state index in [9.17, 15) is 4.79 Å². The molecule has 0 spiro atoms. The second-order valence-electron chi connectivity index (χ2n) is 3.75. The van der Waals surface area contributed by atoms with Gasteiger partial charge in [0.15, 0.2) is 5.82 Å². The van der Waals surface area contributed by atoms with E-state index in [1.165, 1.54) is 0 Å². The number of ether oxygens (including phenoxy) is 1. The number of carbonyl (C=O) groups excluding carboxylic acids is 1. The SMILES string of the molecule is CCn1cnnc1CNC(=O)C1CCCO1. The van der Waals surface area contributed by atoms with Gasteiger partial charge in [0.2, 0.25) is 5.91 Å². The van der Waals surface area contributed by atoms with Gasteiger partial charge in [0.25, 0.3) is 0 Å². The van der Waals surface area contributed by atoms with Crippen LogP contribution in [-0.2, 0) is 22.6 Å². The Hall–Kier alpha value is -1.43. The first-order valence-electron chi connectivity index (χ1n) is 5.57. The smallest absolute Gasteiger partial charge is 0.249 e. The second kappa shape index (κ2) is 5.07. The lowest BCUT2D eigenvalue weighted by molar-refractivity contribution is -0.130. The summed E-state index contributed by atoms with van der Waals surface area (Å²) in [5.41, 5.74) is 0. The molecule has 1 atom stereocenters. The van der Waals surface area contributed by atoms with Crippen molar-refractivity contribution < 1.29 is 9.53 Å². The van der Waals surface area contributed by atoms with Crippen molar-refractivity contribution in [1.29, 1.82) is 0 Å². The van der Waals surface area contributed by atoms with Crippen molar-refractivity contribution in [3.05, 3.63) is 12.2 Å². The van der Waals surface area contributed by atoms with E-state index in [-0.39, 0.29) is 12.0 Å². The van der Waals surface area contributed by atoms with Crippen molar-refractivity contribution >= 4 is 5.91 Å². The number of carbonyl (C=O) groups is 1. The number of rotatable bonds is 4. The summed E-state index contributed by atoms with van der Waals surface area (Å²) in [4.78, 5) is 11.6. The molecular weight excluding hydrogens is 208 g/mol. The van der Waals surface area contributed by atoms with Crippen LogP contribution in [-0.4, -0.2) is 33.4 Å². The first kappa shape index (κ1) is 11.1. The van der Waals surface area contributed by atoms with Crippen LogP contribution >= 0.6 is 0 Å². The van der Waals surface area contributed by atoms with Crippen molar-refractivity contribution in [1.82, 2.24) is 20.1 Å². The highest BCUT2D eigenvalue weighted by Gasteiger charge is 2.23. The van der Waals surface area contributed by atoms with Gasteiger partial charge in [-0.25, -0.2) is 0 Å². The van der Waals surface area contributed by atoms with Crippen LogP contribution in [0.2, 0.25) is 0 Å². The van der Waals surface area contributed by atoms with Crippen molar-refractivity contribution in [3.63, 3.8) is 0 Å². The Morgan fingerprint density at radius 1 is 1.75 bits per heavy atom. The Morgan fingerprint density at radius 3 is 3.31 bits per heavy atom. The molecule has 0 aromatic carbocycles. The standard InChI is InChI=1S/C10H16N4O2/c1-2-14-7-12-13-9(14)6-11-10(15)8-4-3-5-16-8/h7-8H,2-6H2,1H3,(H,11,15). The molecule has 1 saturated heterocycles. The van der Waals surface area contributed by atoms with Crippen LogP contribution in [0, 0.1) is 0 Å². The van der Waals surface area contributed by atoms with Gasteiger partial charge in [0, 0.05) is 13.2 Å². The Bertz CT molecular complexity index is 357. The van der Waals surface area contributed by atoms with Gasteiger partial charge in [-0.1, -0.05) is 0 Å². The predicted molar refractivity (Wildman–Crippen MR) is 56.5 cm³/mol. The monoisotopic (exact) mass is 224 g/mol. The lowest BCUT2D eigenvalue weighted by Crippen LogP contribution is -2.34. The Morgan fingerprint density at radius 2 is 2.62 bits per heavy atom. The highest BCUT2D eigenvalue weighted by atomic mass is 16.5. The van der Waals surface area contributed by atoms with E-state index in [1.54, 1.807) is 6.33 Å². The number of nitrogens with one attached hydrogen (secondary N) is 1. The number of amides is 1. The molecule has 0 radical (unpaired) electrons. The summed E-state index contributed by atoms with van der Waals surface area (Å²) in [5, 5.41) is 10.6. The van der Waals surface area contributed by atoms with Crippen LogP contribution in [0.3, 0.4) is 0 Å². The maximum atomic E-state index is 11.6. The van der Waals surface area contributed by atoms with E-state index < -0.39 is 0 Å². The second-order valence-corrected chi connectivity index (χ2v) is 3.75. The van der Waals surface area contributed by atoms with Gasteiger partial charge >= 0.3 is 0 Å². The van der Waals surface area contributed by atoms with Crippen LogP contribution < -0.4 is 5.32 Å². The molecule has 2 heterocycles. The first-order valence-corrected chi connectivity index (χ1v) is 5.57. The van der Waals surface area contributed by atoms with Gasteiger partial charge in [-0.05, 0) is 19.8 Å². The van der Waals surface area contributed by atoms with Crippen LogP contribution in [0.25, 0.3) is 0 Å². The molecule has 0 bridgehead atoms. The van der Waals surface area contributed by atoms with Crippen molar-refractivity contribution in [2.24, 2.45) is 0 Å². The minimum absolute atomic E-state index is 0.0526. The van der Waals surface area contributed by atoms with E-state index in [0.29, 0.717) is 13.2 Å². The Balaban J connectivity index is 1.84. The predicted octanol–water partition coefficient (Wildman–Crippen LogP) is 0.0932. The third kappa shape index (κ3) is 2.38. The molecule has 2 rings (SSSR count). The fourth-order valence-electron chi connectivity index (χ4n) is 1.74. The van der Waals surface area contributed by atoms with Gasteiger partial charge < -0.3 is 14.6 Å². The van der Waals surface area contributed by atoms with Crippen LogP contribution in [0.15, 0.2) is 6.33 Å². The lowest BCUT2D eigenvalue weighted by atomic mass is 10.2. The zero-order chi connectivity index (χ0) is 11.4. The number of aryl methyl sites for hydroxylation is 1. The topological polar surface area (TPSA) is 69.0 Å². The molecular formula is C10H16N4O2. The molecule has 1 aliphatic rings. The summed E-state index contributed by atoms with van der Waals surface area (Å²) in [6, 6.07) is 0. The van der Waals surface area contributed by atoms with Gasteiger partial charge in [-0.3, -0.25) is 4.79 Å². The summed E-state index contributed by atoms with van der Waals surface area (Å²) < 4.78 is 7.18. The average molecular weight is 224 g/mol. The average Bonchev–Trinajstić information content (AvgIpc) is 2.96. The van der Waals surface area contributed by atoms with Gasteiger partial charge in [-0.2, -0.15) is 0 Å². The molecule has 1 aromatic heterocycles. The van der Waals surface area contributed by atoms with Crippen LogP contribution in [0.1, 0.15) is 25.6 Å². The van der Waals surface area contributed by atoms with Crippen molar-refractivity contribution in [2.45, 2.75) is 39.0 Å². The van der Waals surface area contributed by atoms with E-state index in [0.717, 1.165) is 25.2 Å². The van der Waals surface area contributed by atoms with Gasteiger partial charge in [0.1, 0.15) is 12.4 Å². The van der Waals surface area contributed by atoms with E-state index in [2.05, 4.69) is 15.5 Å². The zero-order valence-electron chi connectivity index (χ0n) is 9.35. The highest BCUT2D eigenvalue weighted by molar-refractivity contribution is 5.80. The van der Waals surface area contributed by atoms with E-state index in [1.807, 2.05) is 11.5 Å². The fraction of sp³-hybridized carbons (Fsp3) is 0.700. The normalized spacial score (nSPS) is 19.9. The van der Waals surface area contributed by atoms with Gasteiger partial charge in [0.05, 0.1) is 6.54 Å². The minimum Gasteiger partial charge on any atom is -0.368 e. The number of aromatic nitrogens is 3. The summed E-state index contributed by atoms with van der Waals surface area (Å²) in [7, 11) is 0. The summed E-state index contributed by atoms with van der Waals surface area (Å²) in [6.07, 6.45) is 3.15. The third-order valence-corrected chi connectivity index (χ3v) is 2.68. The van der Waals surface area contributed by atoms with Crippen LogP contribution in [0.5, 0.6) is 0 Å². The molecule has 1 N–H and O–H groups in total. The fourth-order valence-corrected chi connectivity index (χ4v) is 1.74. The van der Waals surface area contributed by atoms with Crippen LogP contribution in [0.4, 0.5) is 0 Å². The molecule has 6 heteroatoms. The molecule has 0 saturated carbocycles. The Labute approximate surface area is 94.0 Å². The lowest BCUT2D eigenvalue weighted by Gasteiger charge is -2.10. The zero-order valence-corrected chi connectivity index (χ0v) is 9.35. The largest absolute Gasteiger partial charge is 0.368 e. The number of hydrogen-bond donors (Lipinski definition) is 1. The molecule has 0 aliphatic carbocycles. The molecule has 16 heavy (non-hydrogen) atoms. The minimum atomic E-state index is -0.280. The van der Waals surface area contributed by atoms with Gasteiger partial charge in [-0.15, -0.1) is 10.2 Å². The maximum absolute atomic E-state index is 11.6. The van der Waals surface area contributed by atoms with Crippen molar-refractivity contribution in [3.8, 4) is 0 Å². The maximum Gasteiger partial charge on any atom is 0.249 e. The summed E-state index contributed by atoms with van der Waals surface area (Å²) in [5.74, 6) is 0.719. The van der Waals surface area contributed by atoms with E-state index in [4.69, 9.17) is 4.74 Å². The molecule has 6 nitrogen and oxygen atoms in total. The quantitative estimate of drug-likeness (QED) is 0.787. The molecule has 1 fully saturated rings. The first-order chi connectivity index (χ1) is 7.81. The van der Waals surface area contributed by atoms with E-state index >= 15 is 0 Å². The molecule has 1 aromatic rings. The highest BCUT2D eigenvalue weighted by Crippen LogP contribution is 2.11. The summed E-state index contributed by atoms with van der Waals surface area (Å²) >= 11 is 0. The number of hydrogen-bond acceptors (Lipinski definition) is 4. The van der Waals surface area contributed by atoms with Crippen molar-refractivity contribution in [2.75, 3.05) is 6.61 Å². The number of nitrogens with zero attached hydrogens (tertiary/aromatic N) is 3. The molecule has 1 unspecified atom stereocenters.